The molecule has 2 aromatic carbocycles. The number of furan rings is 1. The first-order valence-electron chi connectivity index (χ1n) is 7.83. The molecule has 9 heteroatoms. The highest BCUT2D eigenvalue weighted by molar-refractivity contribution is 9.10. The monoisotopic (exact) mass is 450 g/mol. The summed E-state index contributed by atoms with van der Waals surface area (Å²) in [5, 5.41) is 11.1. The quantitative estimate of drug-likeness (QED) is 0.408. The van der Waals surface area contributed by atoms with Crippen LogP contribution >= 0.6 is 15.9 Å². The Morgan fingerprint density at radius 1 is 1.07 bits per heavy atom. The minimum absolute atomic E-state index is 0.0507. The Balaban J connectivity index is 1.84. The Hall–Kier alpha value is -2.49. The summed E-state index contributed by atoms with van der Waals surface area (Å²) in [7, 11) is -2.69. The Morgan fingerprint density at radius 3 is 2.41 bits per heavy atom. The molecule has 0 aliphatic rings. The molecule has 0 fully saturated rings. The molecule has 7 nitrogen and oxygen atoms in total. The van der Waals surface area contributed by atoms with Gasteiger partial charge < -0.3 is 4.42 Å². The number of nitro benzene ring substituents is 1. The molecule has 0 spiro atoms. The number of benzene rings is 2. The first-order chi connectivity index (χ1) is 12.8. The number of hydrogen-bond acceptors (Lipinski definition) is 5. The van der Waals surface area contributed by atoms with Crippen LogP contribution in [0.1, 0.15) is 5.76 Å². The first-order valence-corrected chi connectivity index (χ1v) is 10.1. The second-order valence-corrected chi connectivity index (χ2v) is 8.69. The SMILES string of the molecule is CN(Cc1ccc(-c2ccc(Br)cc2)o1)S(=O)(=O)c1ccccc1[N+](=O)[O-]. The number of para-hydroxylation sites is 1. The van der Waals surface area contributed by atoms with E-state index in [2.05, 4.69) is 15.9 Å². The van der Waals surface area contributed by atoms with Crippen molar-refractivity contribution in [3.63, 3.8) is 0 Å². The lowest BCUT2D eigenvalue weighted by molar-refractivity contribution is -0.387. The topological polar surface area (TPSA) is 93.7 Å². The van der Waals surface area contributed by atoms with Gasteiger partial charge in [-0.25, -0.2) is 8.42 Å². The lowest BCUT2D eigenvalue weighted by Crippen LogP contribution is -2.27. The fourth-order valence-corrected chi connectivity index (χ4v) is 4.09. The van der Waals surface area contributed by atoms with Gasteiger partial charge in [-0.2, -0.15) is 4.31 Å². The molecule has 0 bridgehead atoms. The summed E-state index contributed by atoms with van der Waals surface area (Å²) < 4.78 is 33.2. The third-order valence-corrected chi connectivity index (χ3v) is 6.30. The van der Waals surface area contributed by atoms with Crippen molar-refractivity contribution < 1.29 is 17.8 Å². The van der Waals surface area contributed by atoms with Gasteiger partial charge in [0.25, 0.3) is 5.69 Å². The van der Waals surface area contributed by atoms with Crippen LogP contribution in [0.3, 0.4) is 0 Å². The summed E-state index contributed by atoms with van der Waals surface area (Å²) in [6, 6.07) is 16.2. The average Bonchev–Trinajstić information content (AvgIpc) is 3.10. The molecule has 3 aromatic rings. The molecule has 1 aromatic heterocycles. The van der Waals surface area contributed by atoms with E-state index in [-0.39, 0.29) is 11.4 Å². The number of rotatable bonds is 6. The number of sulfonamides is 1. The lowest BCUT2D eigenvalue weighted by Gasteiger charge is -2.15. The summed E-state index contributed by atoms with van der Waals surface area (Å²) in [6.07, 6.45) is 0. The molecule has 27 heavy (non-hydrogen) atoms. The van der Waals surface area contributed by atoms with E-state index in [0.717, 1.165) is 14.3 Å². The molecule has 0 radical (unpaired) electrons. The second kappa shape index (κ2) is 7.63. The van der Waals surface area contributed by atoms with Gasteiger partial charge in [0.15, 0.2) is 4.90 Å². The second-order valence-electron chi connectivity index (χ2n) is 5.76. The van der Waals surface area contributed by atoms with E-state index in [1.165, 1.54) is 31.3 Å². The van der Waals surface area contributed by atoms with Crippen molar-refractivity contribution in [3.05, 3.63) is 81.0 Å². The molecular formula is C18H15BrN2O5S. The van der Waals surface area contributed by atoms with Crippen LogP contribution in [-0.2, 0) is 16.6 Å². The zero-order valence-electron chi connectivity index (χ0n) is 14.2. The van der Waals surface area contributed by atoms with Gasteiger partial charge in [-0.05, 0) is 30.3 Å². The van der Waals surface area contributed by atoms with Gasteiger partial charge in [0.1, 0.15) is 11.5 Å². The van der Waals surface area contributed by atoms with Crippen molar-refractivity contribution in [3.8, 4) is 11.3 Å². The fourth-order valence-electron chi connectivity index (χ4n) is 2.53. The predicted octanol–water partition coefficient (Wildman–Crippen LogP) is 4.44. The lowest BCUT2D eigenvalue weighted by atomic mass is 10.2. The van der Waals surface area contributed by atoms with E-state index < -0.39 is 20.6 Å². The third kappa shape index (κ3) is 4.10. The standard InChI is InChI=1S/C18H15BrN2O5S/c1-20(27(24,25)18-5-3-2-4-16(18)21(22)23)12-15-10-11-17(26-15)13-6-8-14(19)9-7-13/h2-11H,12H2,1H3. The molecule has 0 saturated carbocycles. The van der Waals surface area contributed by atoms with Gasteiger partial charge in [-0.3, -0.25) is 10.1 Å². The van der Waals surface area contributed by atoms with Gasteiger partial charge in [0.05, 0.1) is 11.5 Å². The zero-order valence-corrected chi connectivity index (χ0v) is 16.6. The van der Waals surface area contributed by atoms with Crippen molar-refractivity contribution >= 4 is 31.6 Å². The number of nitro groups is 1. The Morgan fingerprint density at radius 2 is 1.74 bits per heavy atom. The first kappa shape index (κ1) is 19.3. The Kier molecular flexibility index (Phi) is 5.45. The fraction of sp³-hybridized carbons (Fsp3) is 0.111. The third-order valence-electron chi connectivity index (χ3n) is 3.92. The Bertz CT molecular complexity index is 1080. The zero-order chi connectivity index (χ0) is 19.6. The smallest absolute Gasteiger partial charge is 0.289 e. The van der Waals surface area contributed by atoms with Crippen LogP contribution in [0.2, 0.25) is 0 Å². The van der Waals surface area contributed by atoms with Crippen molar-refractivity contribution in [2.75, 3.05) is 7.05 Å². The van der Waals surface area contributed by atoms with Gasteiger partial charge in [-0.1, -0.05) is 40.2 Å². The summed E-state index contributed by atoms with van der Waals surface area (Å²) in [6.45, 7) is -0.0507. The highest BCUT2D eigenvalue weighted by Gasteiger charge is 2.29. The maximum absolute atomic E-state index is 12.8. The summed E-state index contributed by atoms with van der Waals surface area (Å²) >= 11 is 3.36. The van der Waals surface area contributed by atoms with Crippen molar-refractivity contribution in [1.82, 2.24) is 4.31 Å². The molecule has 0 amide bonds. The van der Waals surface area contributed by atoms with Gasteiger partial charge in [0.2, 0.25) is 10.0 Å². The number of hydrogen-bond donors (Lipinski definition) is 0. The largest absolute Gasteiger partial charge is 0.460 e. The van der Waals surface area contributed by atoms with Crippen LogP contribution in [0, 0.1) is 10.1 Å². The van der Waals surface area contributed by atoms with Gasteiger partial charge in [0, 0.05) is 23.2 Å². The minimum Gasteiger partial charge on any atom is -0.460 e. The van der Waals surface area contributed by atoms with Crippen LogP contribution in [0.4, 0.5) is 5.69 Å². The maximum Gasteiger partial charge on any atom is 0.289 e. The van der Waals surface area contributed by atoms with Gasteiger partial charge >= 0.3 is 0 Å². The van der Waals surface area contributed by atoms with Crippen LogP contribution < -0.4 is 0 Å². The van der Waals surface area contributed by atoms with E-state index in [0.29, 0.717) is 11.5 Å². The van der Waals surface area contributed by atoms with E-state index in [1.54, 1.807) is 12.1 Å². The summed E-state index contributed by atoms with van der Waals surface area (Å²) in [5.41, 5.74) is 0.396. The molecule has 140 valence electrons. The van der Waals surface area contributed by atoms with Crippen LogP contribution in [0.15, 0.2) is 74.4 Å². The van der Waals surface area contributed by atoms with Crippen molar-refractivity contribution in [2.24, 2.45) is 0 Å². The van der Waals surface area contributed by atoms with Crippen LogP contribution in [0.25, 0.3) is 11.3 Å². The molecule has 0 atom stereocenters. The molecule has 3 rings (SSSR count). The average molecular weight is 451 g/mol. The molecule has 0 unspecified atom stereocenters. The van der Waals surface area contributed by atoms with Gasteiger partial charge in [-0.15, -0.1) is 0 Å². The highest BCUT2D eigenvalue weighted by atomic mass is 79.9. The van der Waals surface area contributed by atoms with Crippen molar-refractivity contribution in [1.29, 1.82) is 0 Å². The number of nitrogens with zero attached hydrogens (tertiary/aromatic N) is 2. The normalized spacial score (nSPS) is 11.7. The van der Waals surface area contributed by atoms with Crippen LogP contribution in [-0.4, -0.2) is 24.7 Å². The predicted molar refractivity (Wildman–Crippen MR) is 104 cm³/mol. The molecule has 0 N–H and O–H groups in total. The molecule has 1 heterocycles. The summed E-state index contributed by atoms with van der Waals surface area (Å²) in [4.78, 5) is 10.1. The summed E-state index contributed by atoms with van der Waals surface area (Å²) in [5.74, 6) is 1.03. The number of halogens is 1. The van der Waals surface area contributed by atoms with E-state index >= 15 is 0 Å². The maximum atomic E-state index is 12.8. The molecule has 0 aliphatic carbocycles. The van der Waals surface area contributed by atoms with E-state index in [9.17, 15) is 18.5 Å². The minimum atomic E-state index is -4.05. The van der Waals surface area contributed by atoms with E-state index in [4.69, 9.17) is 4.42 Å². The highest BCUT2D eigenvalue weighted by Crippen LogP contribution is 2.28. The molecular weight excluding hydrogens is 436 g/mol. The molecule has 0 aliphatic heterocycles. The Labute approximate surface area is 164 Å². The van der Waals surface area contributed by atoms with Crippen LogP contribution in [0.5, 0.6) is 0 Å². The van der Waals surface area contributed by atoms with E-state index in [1.807, 2.05) is 24.3 Å². The molecule has 0 saturated heterocycles. The van der Waals surface area contributed by atoms with Crippen molar-refractivity contribution in [2.45, 2.75) is 11.4 Å².